The first-order valence-corrected chi connectivity index (χ1v) is 7.32. The van der Waals surface area contributed by atoms with Crippen LogP contribution in [0.3, 0.4) is 0 Å². The van der Waals surface area contributed by atoms with E-state index in [1.807, 2.05) is 30.3 Å². The number of nitrogens with zero attached hydrogens (tertiary/aromatic N) is 1. The zero-order chi connectivity index (χ0) is 15.4. The Morgan fingerprint density at radius 3 is 2.95 bits per heavy atom. The number of H-pyrrole nitrogens is 1. The van der Waals surface area contributed by atoms with Gasteiger partial charge in [-0.3, -0.25) is 9.59 Å². The van der Waals surface area contributed by atoms with Gasteiger partial charge in [0.05, 0.1) is 5.69 Å². The molecule has 1 aliphatic rings. The summed E-state index contributed by atoms with van der Waals surface area (Å²) in [7, 11) is 0. The number of benzene rings is 1. The lowest BCUT2D eigenvalue weighted by molar-refractivity contribution is -0.117. The van der Waals surface area contributed by atoms with Crippen molar-refractivity contribution in [3.05, 3.63) is 69.6 Å². The van der Waals surface area contributed by atoms with Crippen LogP contribution in [0.1, 0.15) is 23.2 Å². The molecule has 0 aliphatic heterocycles. The number of rotatable bonds is 3. The van der Waals surface area contributed by atoms with Gasteiger partial charge in [0.1, 0.15) is 0 Å². The molecular weight excluding hydrogens is 278 g/mol. The average molecular weight is 295 g/mol. The van der Waals surface area contributed by atoms with Crippen LogP contribution in [0.4, 0.5) is 0 Å². The Balaban J connectivity index is 1.61. The minimum atomic E-state index is -0.199. The smallest absolute Gasteiger partial charge is 0.264 e. The van der Waals surface area contributed by atoms with Gasteiger partial charge in [0.25, 0.3) is 5.56 Å². The Hall–Kier alpha value is -2.69. The molecule has 1 aromatic carbocycles. The summed E-state index contributed by atoms with van der Waals surface area (Å²) in [6.45, 7) is 0. The number of aromatic nitrogens is 2. The zero-order valence-corrected chi connectivity index (χ0v) is 12.1. The number of fused-ring (bicyclic) bond motifs is 1. The van der Waals surface area contributed by atoms with Gasteiger partial charge < -0.3 is 5.32 Å². The molecule has 1 amide bonds. The summed E-state index contributed by atoms with van der Waals surface area (Å²) in [6.07, 6.45) is 5.58. The van der Waals surface area contributed by atoms with Crippen molar-refractivity contribution in [1.82, 2.24) is 15.5 Å². The lowest BCUT2D eigenvalue weighted by atomic mass is 9.92. The first-order chi connectivity index (χ1) is 10.7. The lowest BCUT2D eigenvalue weighted by Gasteiger charge is -2.23. The van der Waals surface area contributed by atoms with Crippen LogP contribution in [0.25, 0.3) is 6.08 Å². The van der Waals surface area contributed by atoms with Crippen LogP contribution in [0, 0.1) is 0 Å². The molecule has 0 saturated carbocycles. The van der Waals surface area contributed by atoms with Gasteiger partial charge in [-0.1, -0.05) is 30.3 Å². The molecule has 0 bridgehead atoms. The molecule has 112 valence electrons. The predicted molar refractivity (Wildman–Crippen MR) is 84.3 cm³/mol. The molecule has 3 rings (SSSR count). The predicted octanol–water partition coefficient (Wildman–Crippen LogP) is 1.46. The molecular formula is C17H17N3O2. The van der Waals surface area contributed by atoms with Crippen molar-refractivity contribution in [2.24, 2.45) is 0 Å². The number of aryl methyl sites for hydroxylation is 1. The van der Waals surface area contributed by atoms with Gasteiger partial charge in [-0.2, -0.15) is 5.10 Å². The van der Waals surface area contributed by atoms with Crippen molar-refractivity contribution >= 4 is 12.0 Å². The molecule has 0 radical (unpaired) electrons. The topological polar surface area (TPSA) is 74.8 Å². The highest BCUT2D eigenvalue weighted by atomic mass is 16.1. The van der Waals surface area contributed by atoms with Crippen molar-refractivity contribution in [1.29, 1.82) is 0 Å². The van der Waals surface area contributed by atoms with Gasteiger partial charge in [-0.05, 0) is 36.5 Å². The number of hydrogen-bond donors (Lipinski definition) is 2. The second-order valence-electron chi connectivity index (χ2n) is 5.40. The highest BCUT2D eigenvalue weighted by molar-refractivity contribution is 5.91. The molecule has 0 saturated heterocycles. The SMILES string of the molecule is O=C(/C=C/c1ccccc1)N[C@H]1CCc2n[nH]c(=O)cc2C1. The van der Waals surface area contributed by atoms with Gasteiger partial charge >= 0.3 is 0 Å². The summed E-state index contributed by atoms with van der Waals surface area (Å²) in [5.41, 5.74) is 2.63. The first-order valence-electron chi connectivity index (χ1n) is 7.32. The van der Waals surface area contributed by atoms with Crippen LogP contribution in [-0.4, -0.2) is 22.1 Å². The van der Waals surface area contributed by atoms with Crippen LogP contribution in [-0.2, 0) is 17.6 Å². The van der Waals surface area contributed by atoms with E-state index in [-0.39, 0.29) is 17.5 Å². The number of amides is 1. The standard InChI is InChI=1S/C17H17N3O2/c21-16(9-6-12-4-2-1-3-5-12)18-14-7-8-15-13(10-14)11-17(22)20-19-15/h1-6,9,11,14H,7-8,10H2,(H,18,21)(H,20,22)/b9-6+/t14-/m0/s1. The summed E-state index contributed by atoms with van der Waals surface area (Å²) < 4.78 is 0. The third kappa shape index (κ3) is 3.49. The van der Waals surface area contributed by atoms with Crippen molar-refractivity contribution in [3.63, 3.8) is 0 Å². The molecule has 0 fully saturated rings. The second kappa shape index (κ2) is 6.39. The summed E-state index contributed by atoms with van der Waals surface area (Å²) in [5, 5.41) is 9.48. The Labute approximate surface area is 128 Å². The van der Waals surface area contributed by atoms with Crippen molar-refractivity contribution in [3.8, 4) is 0 Å². The normalized spacial score (nSPS) is 17.2. The molecule has 2 aromatic rings. The van der Waals surface area contributed by atoms with E-state index in [0.29, 0.717) is 6.42 Å². The quantitative estimate of drug-likeness (QED) is 0.842. The van der Waals surface area contributed by atoms with Crippen LogP contribution < -0.4 is 10.9 Å². The number of carbonyl (C=O) groups is 1. The number of hydrogen-bond acceptors (Lipinski definition) is 3. The molecule has 22 heavy (non-hydrogen) atoms. The highest BCUT2D eigenvalue weighted by Gasteiger charge is 2.20. The molecule has 1 atom stereocenters. The maximum Gasteiger partial charge on any atom is 0.264 e. The Kier molecular flexibility index (Phi) is 4.14. The third-order valence-electron chi connectivity index (χ3n) is 3.75. The van der Waals surface area contributed by atoms with Gasteiger partial charge in [-0.15, -0.1) is 0 Å². The number of nitrogens with one attached hydrogen (secondary N) is 2. The molecule has 1 aliphatic carbocycles. The molecule has 1 heterocycles. The van der Waals surface area contributed by atoms with E-state index >= 15 is 0 Å². The van der Waals surface area contributed by atoms with Crippen molar-refractivity contribution in [2.45, 2.75) is 25.3 Å². The monoisotopic (exact) mass is 295 g/mol. The largest absolute Gasteiger partial charge is 0.349 e. The van der Waals surface area contributed by atoms with Gasteiger partial charge in [0, 0.05) is 18.2 Å². The summed E-state index contributed by atoms with van der Waals surface area (Å²) in [5.74, 6) is -0.116. The molecule has 5 heteroatoms. The van der Waals surface area contributed by atoms with E-state index in [0.717, 1.165) is 29.7 Å². The van der Waals surface area contributed by atoms with E-state index in [4.69, 9.17) is 0 Å². The third-order valence-corrected chi connectivity index (χ3v) is 3.75. The van der Waals surface area contributed by atoms with E-state index in [9.17, 15) is 9.59 Å². The van der Waals surface area contributed by atoms with E-state index in [1.54, 1.807) is 18.2 Å². The average Bonchev–Trinajstić information content (AvgIpc) is 2.53. The maximum absolute atomic E-state index is 12.0. The Morgan fingerprint density at radius 1 is 1.32 bits per heavy atom. The second-order valence-corrected chi connectivity index (χ2v) is 5.40. The van der Waals surface area contributed by atoms with Gasteiger partial charge in [-0.25, -0.2) is 5.10 Å². The zero-order valence-electron chi connectivity index (χ0n) is 12.1. The highest BCUT2D eigenvalue weighted by Crippen LogP contribution is 2.17. The van der Waals surface area contributed by atoms with Crippen LogP contribution in [0.2, 0.25) is 0 Å². The minimum absolute atomic E-state index is 0.0454. The van der Waals surface area contributed by atoms with Gasteiger partial charge in [0.15, 0.2) is 0 Å². The number of aromatic amines is 1. The summed E-state index contributed by atoms with van der Waals surface area (Å²) >= 11 is 0. The van der Waals surface area contributed by atoms with E-state index in [2.05, 4.69) is 15.5 Å². The number of carbonyl (C=O) groups excluding carboxylic acids is 1. The van der Waals surface area contributed by atoms with Crippen LogP contribution in [0.15, 0.2) is 47.3 Å². The molecule has 5 nitrogen and oxygen atoms in total. The molecule has 1 aromatic heterocycles. The first kappa shape index (κ1) is 14.3. The fourth-order valence-electron chi connectivity index (χ4n) is 2.65. The van der Waals surface area contributed by atoms with E-state index in [1.165, 1.54) is 0 Å². The lowest BCUT2D eigenvalue weighted by Crippen LogP contribution is -2.38. The Morgan fingerprint density at radius 2 is 2.14 bits per heavy atom. The van der Waals surface area contributed by atoms with Gasteiger partial charge in [0.2, 0.25) is 5.91 Å². The van der Waals surface area contributed by atoms with Crippen molar-refractivity contribution < 1.29 is 4.79 Å². The maximum atomic E-state index is 12.0. The molecule has 2 N–H and O–H groups in total. The van der Waals surface area contributed by atoms with Crippen LogP contribution in [0.5, 0.6) is 0 Å². The van der Waals surface area contributed by atoms with Crippen LogP contribution >= 0.6 is 0 Å². The summed E-state index contributed by atoms with van der Waals surface area (Å²) in [6, 6.07) is 11.3. The molecule has 0 spiro atoms. The molecule has 0 unspecified atom stereocenters. The summed E-state index contributed by atoms with van der Waals surface area (Å²) in [4.78, 5) is 23.3. The fraction of sp³-hybridized carbons (Fsp3) is 0.235. The van der Waals surface area contributed by atoms with E-state index < -0.39 is 0 Å². The fourth-order valence-corrected chi connectivity index (χ4v) is 2.65. The van der Waals surface area contributed by atoms with Crippen molar-refractivity contribution in [2.75, 3.05) is 0 Å². The Bertz CT molecular complexity index is 750. The minimum Gasteiger partial charge on any atom is -0.349 e.